The number of rotatable bonds is 21. The fourth-order valence-corrected chi connectivity index (χ4v) is 4.25. The van der Waals surface area contributed by atoms with Gasteiger partial charge in [-0.3, -0.25) is 0 Å². The minimum Gasteiger partial charge on any atom is -0.394 e. The molecule has 1 aliphatic rings. The number of allylic oxidation sites excluding steroid dienone is 2. The van der Waals surface area contributed by atoms with Crippen molar-refractivity contribution in [3.05, 3.63) is 12.2 Å². The average Bonchev–Trinajstić information content (AvgIpc) is 3.15. The molecule has 0 aromatic rings. The van der Waals surface area contributed by atoms with Crippen LogP contribution in [0.25, 0.3) is 0 Å². The van der Waals surface area contributed by atoms with Gasteiger partial charge in [0.05, 0.1) is 13.2 Å². The van der Waals surface area contributed by atoms with E-state index in [2.05, 4.69) is 19.1 Å². The summed E-state index contributed by atoms with van der Waals surface area (Å²) >= 11 is 0. The minimum atomic E-state index is -1.000. The first-order chi connectivity index (χ1) is 15.2. The van der Waals surface area contributed by atoms with Crippen molar-refractivity contribution in [3.63, 3.8) is 0 Å². The van der Waals surface area contributed by atoms with Crippen LogP contribution in [0, 0.1) is 0 Å². The largest absolute Gasteiger partial charge is 0.394 e. The molecule has 184 valence electrons. The Kier molecular flexibility index (Phi) is 18.6. The van der Waals surface area contributed by atoms with Gasteiger partial charge in [-0.25, -0.2) is 0 Å². The highest BCUT2D eigenvalue weighted by atomic mass is 16.6. The summed E-state index contributed by atoms with van der Waals surface area (Å²) in [5, 5.41) is 28.7. The summed E-state index contributed by atoms with van der Waals surface area (Å²) in [6.07, 6.45) is 22.5. The number of aliphatic hydroxyl groups excluding tert-OH is 3. The van der Waals surface area contributed by atoms with Gasteiger partial charge in [0.2, 0.25) is 0 Å². The van der Waals surface area contributed by atoms with E-state index >= 15 is 0 Å². The molecule has 3 N–H and O–H groups in total. The van der Waals surface area contributed by atoms with E-state index in [9.17, 15) is 10.2 Å². The maximum absolute atomic E-state index is 9.91. The Morgan fingerprint density at radius 3 is 1.87 bits per heavy atom. The highest BCUT2D eigenvalue weighted by molar-refractivity contribution is 4.89. The van der Waals surface area contributed by atoms with E-state index in [0.717, 1.165) is 19.3 Å². The van der Waals surface area contributed by atoms with E-state index in [-0.39, 0.29) is 13.2 Å². The van der Waals surface area contributed by atoms with Crippen LogP contribution in [0.4, 0.5) is 0 Å². The van der Waals surface area contributed by atoms with Crippen LogP contribution < -0.4 is 0 Å². The van der Waals surface area contributed by atoms with Crippen LogP contribution in [0.1, 0.15) is 110 Å². The molecular weight excluding hydrogens is 392 g/mol. The fraction of sp³-hybridized carbons (Fsp3) is 0.923. The second-order valence-corrected chi connectivity index (χ2v) is 9.07. The molecule has 5 heteroatoms. The molecule has 0 bridgehead atoms. The second-order valence-electron chi connectivity index (χ2n) is 9.07. The van der Waals surface area contributed by atoms with E-state index in [4.69, 9.17) is 14.6 Å². The monoisotopic (exact) mass is 442 g/mol. The fourth-order valence-electron chi connectivity index (χ4n) is 4.25. The molecule has 0 radical (unpaired) electrons. The quantitative estimate of drug-likeness (QED) is 0.166. The Morgan fingerprint density at radius 1 is 0.839 bits per heavy atom. The van der Waals surface area contributed by atoms with Crippen LogP contribution in [0.15, 0.2) is 12.2 Å². The normalized spacial score (nSPS) is 22.5. The lowest BCUT2D eigenvalue weighted by Gasteiger charge is -2.23. The molecule has 0 aromatic carbocycles. The highest BCUT2D eigenvalue weighted by Gasteiger charge is 2.40. The molecule has 0 aromatic heterocycles. The molecule has 1 heterocycles. The van der Waals surface area contributed by atoms with Crippen LogP contribution in [0.2, 0.25) is 0 Å². The van der Waals surface area contributed by atoms with Crippen LogP contribution in [-0.2, 0) is 9.47 Å². The van der Waals surface area contributed by atoms with Gasteiger partial charge in [0.1, 0.15) is 24.4 Å². The summed E-state index contributed by atoms with van der Waals surface area (Å²) in [6, 6.07) is 0. The molecule has 5 nitrogen and oxygen atoms in total. The topological polar surface area (TPSA) is 79.2 Å². The molecule has 0 unspecified atom stereocenters. The van der Waals surface area contributed by atoms with Gasteiger partial charge in [-0.2, -0.15) is 0 Å². The van der Waals surface area contributed by atoms with Crippen molar-refractivity contribution in [2.45, 2.75) is 134 Å². The third-order valence-electron chi connectivity index (χ3n) is 6.21. The molecule has 4 atom stereocenters. The first kappa shape index (κ1) is 28.6. The lowest BCUT2D eigenvalue weighted by molar-refractivity contribution is -0.0938. The van der Waals surface area contributed by atoms with E-state index in [1.54, 1.807) is 0 Å². The average molecular weight is 443 g/mol. The van der Waals surface area contributed by atoms with Crippen molar-refractivity contribution in [1.82, 2.24) is 0 Å². The molecule has 1 aliphatic heterocycles. The SMILES string of the molecule is CC/C=C/CCCCCCCCCCCCCCCCO[C@@H]1[C@H]([C@@H](O)CO)OC[C@H]1O. The molecule has 1 rings (SSSR count). The summed E-state index contributed by atoms with van der Waals surface area (Å²) in [7, 11) is 0. The van der Waals surface area contributed by atoms with E-state index in [1.165, 1.54) is 83.5 Å². The number of hydrogen-bond acceptors (Lipinski definition) is 5. The molecule has 0 saturated carbocycles. The standard InChI is InChI=1S/C26H50O5/c1-2-3-4-5-6-7-8-9-10-11-12-13-14-15-16-17-18-19-20-30-26-24(29)22-31-25(26)23(28)21-27/h3-4,23-29H,2,5-22H2,1H3/b4-3+/t23-,24+,25-,26-/m0/s1. The Morgan fingerprint density at radius 2 is 1.35 bits per heavy atom. The first-order valence-corrected chi connectivity index (χ1v) is 13.1. The molecule has 1 fully saturated rings. The molecule has 1 saturated heterocycles. The highest BCUT2D eigenvalue weighted by Crippen LogP contribution is 2.21. The summed E-state index contributed by atoms with van der Waals surface area (Å²) in [5.41, 5.74) is 0. The Hall–Kier alpha value is -0.460. The molecular formula is C26H50O5. The zero-order valence-electron chi connectivity index (χ0n) is 20.1. The van der Waals surface area contributed by atoms with Gasteiger partial charge in [-0.05, 0) is 25.7 Å². The zero-order valence-corrected chi connectivity index (χ0v) is 20.1. The van der Waals surface area contributed by atoms with Gasteiger partial charge in [0.25, 0.3) is 0 Å². The van der Waals surface area contributed by atoms with Crippen molar-refractivity contribution >= 4 is 0 Å². The van der Waals surface area contributed by atoms with Crippen LogP contribution in [0.3, 0.4) is 0 Å². The maximum atomic E-state index is 9.91. The van der Waals surface area contributed by atoms with Crippen LogP contribution in [0.5, 0.6) is 0 Å². The van der Waals surface area contributed by atoms with Gasteiger partial charge in [0, 0.05) is 6.61 Å². The number of hydrogen-bond donors (Lipinski definition) is 3. The van der Waals surface area contributed by atoms with Gasteiger partial charge < -0.3 is 24.8 Å². The Bertz CT molecular complexity index is 415. The lowest BCUT2D eigenvalue weighted by Crippen LogP contribution is -2.42. The predicted molar refractivity (Wildman–Crippen MR) is 127 cm³/mol. The van der Waals surface area contributed by atoms with Gasteiger partial charge in [-0.1, -0.05) is 96.1 Å². The lowest BCUT2D eigenvalue weighted by atomic mass is 10.0. The summed E-state index contributed by atoms with van der Waals surface area (Å²) in [4.78, 5) is 0. The van der Waals surface area contributed by atoms with E-state index < -0.39 is 24.4 Å². The maximum Gasteiger partial charge on any atom is 0.114 e. The second kappa shape index (κ2) is 20.2. The number of ether oxygens (including phenoxy) is 2. The van der Waals surface area contributed by atoms with Gasteiger partial charge >= 0.3 is 0 Å². The van der Waals surface area contributed by atoms with Crippen molar-refractivity contribution in [3.8, 4) is 0 Å². The summed E-state index contributed by atoms with van der Waals surface area (Å²) in [5.74, 6) is 0. The zero-order chi connectivity index (χ0) is 22.6. The van der Waals surface area contributed by atoms with E-state index in [1.807, 2.05) is 0 Å². The number of unbranched alkanes of at least 4 members (excludes halogenated alkanes) is 14. The third kappa shape index (κ3) is 14.3. The first-order valence-electron chi connectivity index (χ1n) is 13.1. The molecule has 0 amide bonds. The Balaban J connectivity index is 1.80. The summed E-state index contributed by atoms with van der Waals surface area (Å²) < 4.78 is 11.1. The molecule has 0 spiro atoms. The van der Waals surface area contributed by atoms with Gasteiger partial charge in [-0.15, -0.1) is 0 Å². The summed E-state index contributed by atoms with van der Waals surface area (Å²) in [6.45, 7) is 2.53. The number of aliphatic hydroxyl groups is 3. The van der Waals surface area contributed by atoms with Crippen LogP contribution >= 0.6 is 0 Å². The van der Waals surface area contributed by atoms with Crippen LogP contribution in [-0.4, -0.2) is 59.6 Å². The van der Waals surface area contributed by atoms with Crippen molar-refractivity contribution in [2.24, 2.45) is 0 Å². The predicted octanol–water partition coefficient (Wildman–Crippen LogP) is 5.30. The van der Waals surface area contributed by atoms with E-state index in [0.29, 0.717) is 6.61 Å². The van der Waals surface area contributed by atoms with Gasteiger partial charge in [0.15, 0.2) is 0 Å². The van der Waals surface area contributed by atoms with Crippen molar-refractivity contribution in [2.75, 3.05) is 19.8 Å². The molecule has 0 aliphatic carbocycles. The third-order valence-corrected chi connectivity index (χ3v) is 6.21. The van der Waals surface area contributed by atoms with Crippen molar-refractivity contribution in [1.29, 1.82) is 0 Å². The minimum absolute atomic E-state index is 0.156. The van der Waals surface area contributed by atoms with Crippen molar-refractivity contribution < 1.29 is 24.8 Å². The smallest absolute Gasteiger partial charge is 0.114 e. The Labute approximate surface area is 191 Å². The molecule has 31 heavy (non-hydrogen) atoms.